The topological polar surface area (TPSA) is 69.3 Å². The Balaban J connectivity index is 1.95. The van der Waals surface area contributed by atoms with Gasteiger partial charge in [-0.25, -0.2) is 0 Å². The molecule has 0 saturated heterocycles. The summed E-state index contributed by atoms with van der Waals surface area (Å²) in [5, 5.41) is 7.39. The van der Waals surface area contributed by atoms with Crippen LogP contribution < -0.4 is 10.1 Å². The molecule has 7 heteroatoms. The number of aromatic nitrogens is 2. The lowest BCUT2D eigenvalue weighted by Gasteiger charge is -2.11. The molecule has 0 spiro atoms. The maximum absolute atomic E-state index is 12.7. The molecular formula is C18H18ClN3O3. The van der Waals surface area contributed by atoms with Gasteiger partial charge >= 0.3 is 0 Å². The Kier molecular flexibility index (Phi) is 4.55. The predicted octanol–water partition coefficient (Wildman–Crippen LogP) is 4.30. The number of carbonyl (C=O) groups excluding carboxylic acids is 1. The smallest absolute Gasteiger partial charge is 0.257 e. The van der Waals surface area contributed by atoms with Crippen LogP contribution in [0.3, 0.4) is 0 Å². The van der Waals surface area contributed by atoms with Crippen molar-refractivity contribution in [1.29, 1.82) is 0 Å². The number of halogens is 1. The van der Waals surface area contributed by atoms with Crippen molar-refractivity contribution < 1.29 is 14.1 Å². The van der Waals surface area contributed by atoms with E-state index in [-0.39, 0.29) is 5.91 Å². The van der Waals surface area contributed by atoms with Crippen LogP contribution >= 0.6 is 11.6 Å². The van der Waals surface area contributed by atoms with Crippen LogP contribution in [0, 0.1) is 20.8 Å². The van der Waals surface area contributed by atoms with Crippen molar-refractivity contribution in [2.45, 2.75) is 20.8 Å². The van der Waals surface area contributed by atoms with Gasteiger partial charge in [-0.1, -0.05) is 16.8 Å². The van der Waals surface area contributed by atoms with Gasteiger partial charge in [0, 0.05) is 22.5 Å². The highest BCUT2D eigenvalue weighted by atomic mass is 35.5. The Morgan fingerprint density at radius 3 is 2.64 bits per heavy atom. The first kappa shape index (κ1) is 17.1. The highest BCUT2D eigenvalue weighted by molar-refractivity contribution is 6.31. The van der Waals surface area contributed by atoms with Gasteiger partial charge in [0.25, 0.3) is 5.91 Å². The van der Waals surface area contributed by atoms with E-state index in [9.17, 15) is 4.79 Å². The third-order valence-corrected chi connectivity index (χ3v) is 4.17. The van der Waals surface area contributed by atoms with E-state index in [2.05, 4.69) is 10.5 Å². The summed E-state index contributed by atoms with van der Waals surface area (Å²) in [7, 11) is 1.54. The van der Waals surface area contributed by atoms with Crippen LogP contribution in [-0.2, 0) is 0 Å². The van der Waals surface area contributed by atoms with Crippen LogP contribution in [-0.4, -0.2) is 22.7 Å². The quantitative estimate of drug-likeness (QED) is 0.753. The molecule has 0 fully saturated rings. The molecule has 2 aromatic heterocycles. The lowest BCUT2D eigenvalue weighted by molar-refractivity contribution is 0.102. The Morgan fingerprint density at radius 2 is 2.00 bits per heavy atom. The molecule has 6 nitrogen and oxygen atoms in total. The van der Waals surface area contributed by atoms with E-state index in [1.54, 1.807) is 18.2 Å². The van der Waals surface area contributed by atoms with Crippen LogP contribution in [0.25, 0.3) is 5.82 Å². The van der Waals surface area contributed by atoms with Crippen molar-refractivity contribution in [2.75, 3.05) is 12.4 Å². The van der Waals surface area contributed by atoms with Crippen molar-refractivity contribution >= 4 is 23.2 Å². The first-order chi connectivity index (χ1) is 11.9. The first-order valence-corrected chi connectivity index (χ1v) is 8.06. The van der Waals surface area contributed by atoms with Gasteiger partial charge in [0.2, 0.25) is 0 Å². The zero-order valence-corrected chi connectivity index (χ0v) is 15.1. The van der Waals surface area contributed by atoms with Crippen molar-refractivity contribution in [3.05, 3.63) is 58.1 Å². The molecule has 0 bridgehead atoms. The molecule has 130 valence electrons. The summed E-state index contributed by atoms with van der Waals surface area (Å²) < 4.78 is 12.3. The zero-order chi connectivity index (χ0) is 18.1. The number of rotatable bonds is 4. The van der Waals surface area contributed by atoms with Gasteiger partial charge in [0.1, 0.15) is 11.5 Å². The number of nitrogens with zero attached hydrogens (tertiary/aromatic N) is 2. The molecule has 1 amide bonds. The molecule has 1 N–H and O–H groups in total. The van der Waals surface area contributed by atoms with E-state index >= 15 is 0 Å². The fourth-order valence-corrected chi connectivity index (χ4v) is 2.94. The molecule has 0 atom stereocenters. The van der Waals surface area contributed by atoms with Crippen LogP contribution in [0.5, 0.6) is 5.75 Å². The standard InChI is InChI=1S/C18H18ClN3O3/c1-10-7-14(12(3)22(10)17-8-11(2)25-21-17)18(23)20-15-9-13(19)5-6-16(15)24-4/h5-9H,1-4H3,(H,20,23). The zero-order valence-electron chi connectivity index (χ0n) is 14.4. The third kappa shape index (κ3) is 3.25. The average molecular weight is 360 g/mol. The number of aryl methyl sites for hydroxylation is 2. The number of benzene rings is 1. The summed E-state index contributed by atoms with van der Waals surface area (Å²) in [6.45, 7) is 5.60. The second-order valence-electron chi connectivity index (χ2n) is 5.71. The minimum atomic E-state index is -0.250. The Hall–Kier alpha value is -2.73. The molecule has 3 rings (SSSR count). The van der Waals surface area contributed by atoms with E-state index < -0.39 is 0 Å². The lowest BCUT2D eigenvalue weighted by Crippen LogP contribution is -2.14. The molecule has 0 aliphatic carbocycles. The Bertz CT molecular complexity index is 943. The second-order valence-corrected chi connectivity index (χ2v) is 6.15. The van der Waals surface area contributed by atoms with Gasteiger partial charge in [-0.15, -0.1) is 0 Å². The SMILES string of the molecule is COc1ccc(Cl)cc1NC(=O)c1cc(C)n(-c2cc(C)on2)c1C. The largest absolute Gasteiger partial charge is 0.495 e. The fourth-order valence-electron chi connectivity index (χ4n) is 2.77. The molecule has 0 unspecified atom stereocenters. The molecule has 0 aliphatic rings. The van der Waals surface area contributed by atoms with Crippen molar-refractivity contribution in [3.8, 4) is 11.6 Å². The highest BCUT2D eigenvalue weighted by Crippen LogP contribution is 2.29. The number of ether oxygens (including phenoxy) is 1. The van der Waals surface area contributed by atoms with E-state index in [0.717, 1.165) is 11.4 Å². The van der Waals surface area contributed by atoms with Crippen LogP contribution in [0.2, 0.25) is 5.02 Å². The predicted molar refractivity (Wildman–Crippen MR) is 96.0 cm³/mol. The molecule has 25 heavy (non-hydrogen) atoms. The van der Waals surface area contributed by atoms with E-state index in [1.165, 1.54) is 7.11 Å². The van der Waals surface area contributed by atoms with E-state index in [4.69, 9.17) is 20.9 Å². The molecule has 0 aliphatic heterocycles. The molecular weight excluding hydrogens is 342 g/mol. The summed E-state index contributed by atoms with van der Waals surface area (Å²) in [5.41, 5.74) is 2.71. The molecule has 0 radical (unpaired) electrons. The molecule has 2 heterocycles. The van der Waals surface area contributed by atoms with E-state index in [0.29, 0.717) is 33.6 Å². The average Bonchev–Trinajstić information content (AvgIpc) is 3.10. The lowest BCUT2D eigenvalue weighted by atomic mass is 10.2. The fraction of sp³-hybridized carbons (Fsp3) is 0.222. The van der Waals surface area contributed by atoms with Crippen molar-refractivity contribution in [2.24, 2.45) is 0 Å². The molecule has 0 saturated carbocycles. The van der Waals surface area contributed by atoms with Gasteiger partial charge in [0.15, 0.2) is 5.82 Å². The van der Waals surface area contributed by atoms with Gasteiger partial charge < -0.3 is 14.6 Å². The molecule has 3 aromatic rings. The van der Waals surface area contributed by atoms with Crippen molar-refractivity contribution in [3.63, 3.8) is 0 Å². The third-order valence-electron chi connectivity index (χ3n) is 3.93. The number of methoxy groups -OCH3 is 1. The minimum absolute atomic E-state index is 0.250. The van der Waals surface area contributed by atoms with Gasteiger partial charge in [0.05, 0.1) is 18.4 Å². The van der Waals surface area contributed by atoms with Crippen LogP contribution in [0.15, 0.2) is 34.9 Å². The summed E-state index contributed by atoms with van der Waals surface area (Å²) in [4.78, 5) is 12.7. The normalized spacial score (nSPS) is 10.8. The van der Waals surface area contributed by atoms with Crippen LogP contribution in [0.1, 0.15) is 27.5 Å². The number of anilines is 1. The number of nitrogens with one attached hydrogen (secondary N) is 1. The van der Waals surface area contributed by atoms with Gasteiger partial charge in [-0.3, -0.25) is 9.36 Å². The monoisotopic (exact) mass is 359 g/mol. The van der Waals surface area contributed by atoms with Gasteiger partial charge in [-0.05, 0) is 45.0 Å². The Morgan fingerprint density at radius 1 is 1.24 bits per heavy atom. The van der Waals surface area contributed by atoms with Crippen LogP contribution in [0.4, 0.5) is 5.69 Å². The summed E-state index contributed by atoms with van der Waals surface area (Å²) in [5.74, 6) is 1.64. The van der Waals surface area contributed by atoms with Gasteiger partial charge in [-0.2, -0.15) is 0 Å². The number of amides is 1. The maximum atomic E-state index is 12.7. The van der Waals surface area contributed by atoms with Crippen molar-refractivity contribution in [1.82, 2.24) is 9.72 Å². The second kappa shape index (κ2) is 6.64. The Labute approximate surface area is 150 Å². The number of hydrogen-bond acceptors (Lipinski definition) is 4. The summed E-state index contributed by atoms with van der Waals surface area (Å²) >= 11 is 6.02. The highest BCUT2D eigenvalue weighted by Gasteiger charge is 2.19. The molecule has 1 aromatic carbocycles. The number of carbonyl (C=O) groups is 1. The summed E-state index contributed by atoms with van der Waals surface area (Å²) in [6, 6.07) is 8.69. The summed E-state index contributed by atoms with van der Waals surface area (Å²) in [6.07, 6.45) is 0. The minimum Gasteiger partial charge on any atom is -0.495 e. The maximum Gasteiger partial charge on any atom is 0.257 e. The van der Waals surface area contributed by atoms with E-state index in [1.807, 2.05) is 37.5 Å². The number of hydrogen-bond donors (Lipinski definition) is 1. The first-order valence-electron chi connectivity index (χ1n) is 7.68.